The number of rotatable bonds is 2. The van der Waals surface area contributed by atoms with Crippen molar-refractivity contribution in [2.45, 2.75) is 6.92 Å². The van der Waals surface area contributed by atoms with E-state index in [2.05, 4.69) is 46.2 Å². The van der Waals surface area contributed by atoms with E-state index < -0.39 is 0 Å². The maximum atomic E-state index is 5.88. The van der Waals surface area contributed by atoms with E-state index >= 15 is 0 Å². The molecule has 0 bridgehead atoms. The molecule has 0 radical (unpaired) electrons. The largest absolute Gasteiger partial charge is 0.351 e. The third-order valence-electron chi connectivity index (χ3n) is 2.86. The van der Waals surface area contributed by atoms with Crippen LogP contribution in [0.2, 0.25) is 0 Å². The molecule has 1 heterocycles. The number of nitrogens with zero attached hydrogens (tertiary/aromatic N) is 2. The van der Waals surface area contributed by atoms with Crippen molar-refractivity contribution >= 4 is 16.7 Å². The first-order valence-corrected chi connectivity index (χ1v) is 6.83. The minimum absolute atomic E-state index is 0.570. The lowest BCUT2D eigenvalue weighted by molar-refractivity contribution is -0.509. The van der Waals surface area contributed by atoms with E-state index in [-0.39, 0.29) is 0 Å². The summed E-state index contributed by atoms with van der Waals surface area (Å²) in [5.41, 5.74) is 9.25. The number of hydrogen-bond donors (Lipinski definition) is 1. The summed E-state index contributed by atoms with van der Waals surface area (Å²) in [5, 5.41) is 0.570. The zero-order valence-corrected chi connectivity index (χ0v) is 11.4. The summed E-state index contributed by atoms with van der Waals surface area (Å²) in [4.78, 5) is 4.46. The molecule has 3 aromatic rings. The Morgan fingerprint density at radius 1 is 1.05 bits per heavy atom. The Morgan fingerprint density at radius 3 is 2.58 bits per heavy atom. The Morgan fingerprint density at radius 2 is 1.84 bits per heavy atom. The minimum atomic E-state index is 0.570. The topological polar surface area (TPSA) is 42.8 Å². The van der Waals surface area contributed by atoms with E-state index in [1.54, 1.807) is 0 Å². The van der Waals surface area contributed by atoms with E-state index in [1.807, 2.05) is 24.3 Å². The van der Waals surface area contributed by atoms with Gasteiger partial charge in [-0.05, 0) is 36.2 Å². The maximum Gasteiger partial charge on any atom is 0.350 e. The van der Waals surface area contributed by atoms with Crippen molar-refractivity contribution in [3.05, 3.63) is 60.2 Å². The van der Waals surface area contributed by atoms with Gasteiger partial charge in [-0.2, -0.15) is 0 Å². The van der Waals surface area contributed by atoms with Crippen LogP contribution in [0.15, 0.2) is 54.6 Å². The van der Waals surface area contributed by atoms with Crippen molar-refractivity contribution < 1.29 is 3.96 Å². The Bertz CT molecular complexity index is 704. The number of aromatic nitrogens is 2. The molecule has 3 nitrogen and oxygen atoms in total. The molecule has 1 aromatic heterocycles. The van der Waals surface area contributed by atoms with Gasteiger partial charge in [-0.1, -0.05) is 35.9 Å². The summed E-state index contributed by atoms with van der Waals surface area (Å²) < 4.78 is 2.06. The van der Waals surface area contributed by atoms with Crippen LogP contribution in [0, 0.1) is 6.92 Å². The zero-order chi connectivity index (χ0) is 13.2. The average Bonchev–Trinajstić information content (AvgIpc) is 2.82. The van der Waals surface area contributed by atoms with E-state index in [4.69, 9.17) is 5.73 Å². The summed E-state index contributed by atoms with van der Waals surface area (Å²) in [7, 11) is 0. The number of nitrogens with two attached hydrogens (primary N) is 1. The number of hydrogen-bond acceptors (Lipinski definition) is 3. The van der Waals surface area contributed by atoms with Crippen LogP contribution in [0.4, 0.5) is 5.13 Å². The molecule has 2 aromatic carbocycles. The molecule has 0 aliphatic rings. The summed E-state index contributed by atoms with van der Waals surface area (Å²) >= 11 is 1.45. The van der Waals surface area contributed by atoms with Crippen molar-refractivity contribution in [3.63, 3.8) is 0 Å². The highest BCUT2D eigenvalue weighted by molar-refractivity contribution is 7.05. The zero-order valence-electron chi connectivity index (χ0n) is 10.6. The Labute approximate surface area is 116 Å². The second-order valence-corrected chi connectivity index (χ2v) is 5.33. The van der Waals surface area contributed by atoms with Crippen LogP contribution in [0.25, 0.3) is 17.1 Å². The molecule has 0 saturated carbocycles. The van der Waals surface area contributed by atoms with Crippen molar-refractivity contribution in [1.29, 1.82) is 0 Å². The number of para-hydroxylation sites is 1. The van der Waals surface area contributed by atoms with Crippen LogP contribution >= 0.6 is 11.5 Å². The van der Waals surface area contributed by atoms with Gasteiger partial charge in [0.15, 0.2) is 0 Å². The van der Waals surface area contributed by atoms with E-state index in [0.717, 1.165) is 17.1 Å². The second-order valence-electron chi connectivity index (χ2n) is 4.36. The van der Waals surface area contributed by atoms with Gasteiger partial charge in [0.1, 0.15) is 17.2 Å². The minimum Gasteiger partial charge on any atom is -0.351 e. The highest BCUT2D eigenvalue weighted by Crippen LogP contribution is 2.20. The van der Waals surface area contributed by atoms with Crippen LogP contribution in [-0.2, 0) is 0 Å². The van der Waals surface area contributed by atoms with Crippen LogP contribution in [0.1, 0.15) is 5.56 Å². The van der Waals surface area contributed by atoms with Crippen LogP contribution < -0.4 is 9.69 Å². The van der Waals surface area contributed by atoms with Gasteiger partial charge < -0.3 is 5.73 Å². The maximum absolute atomic E-state index is 5.88. The van der Waals surface area contributed by atoms with Crippen LogP contribution in [0.5, 0.6) is 0 Å². The molecule has 19 heavy (non-hydrogen) atoms. The van der Waals surface area contributed by atoms with Gasteiger partial charge in [-0.25, -0.2) is 0 Å². The normalized spacial score (nSPS) is 10.6. The van der Waals surface area contributed by atoms with Gasteiger partial charge in [0, 0.05) is 0 Å². The fourth-order valence-electron chi connectivity index (χ4n) is 2.01. The van der Waals surface area contributed by atoms with Gasteiger partial charge >= 0.3 is 11.0 Å². The summed E-state index contributed by atoms with van der Waals surface area (Å²) in [6.07, 6.45) is 0. The highest BCUT2D eigenvalue weighted by atomic mass is 32.1. The van der Waals surface area contributed by atoms with E-state index in [0.29, 0.717) is 5.13 Å². The fraction of sp³-hybridized carbons (Fsp3) is 0.0667. The molecule has 0 fully saturated rings. The monoisotopic (exact) mass is 268 g/mol. The Hall–Kier alpha value is -2.20. The van der Waals surface area contributed by atoms with Crippen molar-refractivity contribution in [2.24, 2.45) is 0 Å². The average molecular weight is 268 g/mol. The first-order chi connectivity index (χ1) is 9.24. The van der Waals surface area contributed by atoms with Gasteiger partial charge in [0.05, 0.1) is 5.56 Å². The summed E-state index contributed by atoms with van der Waals surface area (Å²) in [6, 6.07) is 18.4. The lowest BCUT2D eigenvalue weighted by atomic mass is 10.1. The van der Waals surface area contributed by atoms with Gasteiger partial charge in [0.25, 0.3) is 0 Å². The number of aryl methyl sites for hydroxylation is 1. The molecule has 0 aliphatic carbocycles. The van der Waals surface area contributed by atoms with E-state index in [9.17, 15) is 0 Å². The molecule has 0 unspecified atom stereocenters. The number of nitrogen functional groups attached to an aromatic ring is 1. The number of anilines is 1. The molecule has 0 atom stereocenters. The molecule has 4 heteroatoms. The molecule has 3 rings (SSSR count). The van der Waals surface area contributed by atoms with Crippen molar-refractivity contribution in [3.8, 4) is 17.1 Å². The van der Waals surface area contributed by atoms with E-state index in [1.165, 1.54) is 17.1 Å². The lowest BCUT2D eigenvalue weighted by Gasteiger charge is -1.98. The molecular formula is C15H14N3S+. The SMILES string of the molecule is Cc1cccc(-c2nc(N)s[n+]2-c2ccccc2)c1. The van der Waals surface area contributed by atoms with Crippen LogP contribution in [-0.4, -0.2) is 4.98 Å². The molecular weight excluding hydrogens is 254 g/mol. The standard InChI is InChI=1S/C15H13N3S/c1-11-6-5-7-12(10-11)14-17-15(16)19-18(14)13-8-3-2-4-9-13/h2-10,16H,1H3/p+1. The van der Waals surface area contributed by atoms with Gasteiger partial charge in [0.2, 0.25) is 0 Å². The summed E-state index contributed by atoms with van der Waals surface area (Å²) in [6.45, 7) is 2.08. The molecule has 2 N–H and O–H groups in total. The molecule has 0 aliphatic heterocycles. The second kappa shape index (κ2) is 4.82. The lowest BCUT2D eigenvalue weighted by Crippen LogP contribution is -2.27. The molecule has 0 spiro atoms. The third-order valence-corrected chi connectivity index (χ3v) is 3.70. The van der Waals surface area contributed by atoms with Crippen molar-refractivity contribution in [1.82, 2.24) is 4.98 Å². The molecule has 0 saturated heterocycles. The van der Waals surface area contributed by atoms with Gasteiger partial charge in [-0.3, -0.25) is 0 Å². The molecule has 94 valence electrons. The highest BCUT2D eigenvalue weighted by Gasteiger charge is 2.22. The van der Waals surface area contributed by atoms with Crippen molar-refractivity contribution in [2.75, 3.05) is 5.73 Å². The Balaban J connectivity index is 2.18. The number of benzene rings is 2. The smallest absolute Gasteiger partial charge is 0.350 e. The quantitative estimate of drug-likeness (QED) is 0.726. The Kier molecular flexibility index (Phi) is 3.01. The predicted octanol–water partition coefficient (Wildman–Crippen LogP) is 2.98. The van der Waals surface area contributed by atoms with Gasteiger partial charge in [-0.15, -0.1) is 3.96 Å². The fourth-order valence-corrected chi connectivity index (χ4v) is 2.79. The third kappa shape index (κ3) is 2.35. The predicted molar refractivity (Wildman–Crippen MR) is 78.2 cm³/mol. The van der Waals surface area contributed by atoms with Crippen LogP contribution in [0.3, 0.4) is 0 Å². The first kappa shape index (κ1) is 11.9. The molecule has 0 amide bonds. The first-order valence-electron chi connectivity index (χ1n) is 6.05. The summed E-state index contributed by atoms with van der Waals surface area (Å²) in [5.74, 6) is 0.886.